The van der Waals surface area contributed by atoms with E-state index in [4.69, 9.17) is 4.74 Å². The van der Waals surface area contributed by atoms with Crippen molar-refractivity contribution < 1.29 is 9.53 Å². The Hall–Kier alpha value is -1.73. The van der Waals surface area contributed by atoms with Gasteiger partial charge < -0.3 is 14.5 Å². The highest BCUT2D eigenvalue weighted by Crippen LogP contribution is 2.47. The third kappa shape index (κ3) is 10.1. The van der Waals surface area contributed by atoms with E-state index >= 15 is 0 Å². The summed E-state index contributed by atoms with van der Waals surface area (Å²) < 4.78 is 6.51. The summed E-state index contributed by atoms with van der Waals surface area (Å²) in [4.78, 5) is 22.4. The third-order valence-corrected chi connectivity index (χ3v) is 12.1. The van der Waals surface area contributed by atoms with Crippen molar-refractivity contribution in [2.24, 2.45) is 16.7 Å². The molecule has 0 saturated carbocycles. The smallest absolute Gasteiger partial charge is 0.317 e. The largest absolute Gasteiger partial charge is 0.425 e. The molecule has 0 aliphatic carbocycles. The number of benzene rings is 2. The zero-order chi connectivity index (χ0) is 34.1. The molecule has 0 N–H and O–H groups in total. The van der Waals surface area contributed by atoms with Gasteiger partial charge in [0.2, 0.25) is 0 Å². The van der Waals surface area contributed by atoms with Crippen LogP contribution in [0.15, 0.2) is 36.4 Å². The highest BCUT2D eigenvalue weighted by atomic mass is 79.9. The van der Waals surface area contributed by atoms with E-state index in [0.717, 1.165) is 95.0 Å². The second-order valence-corrected chi connectivity index (χ2v) is 16.2. The van der Waals surface area contributed by atoms with Crippen LogP contribution in [-0.4, -0.2) is 77.9 Å². The molecule has 1 aliphatic heterocycles. The molecule has 46 heavy (non-hydrogen) atoms. The van der Waals surface area contributed by atoms with Crippen LogP contribution >= 0.6 is 15.9 Å². The topological polar surface area (TPSA) is 36.0 Å². The average molecular weight is 699 g/mol. The van der Waals surface area contributed by atoms with Gasteiger partial charge in [-0.3, -0.25) is 9.69 Å². The molecule has 0 bridgehead atoms. The summed E-state index contributed by atoms with van der Waals surface area (Å²) in [5.41, 5.74) is 5.16. The van der Waals surface area contributed by atoms with Crippen LogP contribution in [0.1, 0.15) is 96.0 Å². The first kappa shape index (κ1) is 38.7. The van der Waals surface area contributed by atoms with Crippen LogP contribution in [0, 0.1) is 30.6 Å². The van der Waals surface area contributed by atoms with Gasteiger partial charge in [-0.15, -0.1) is 0 Å². The van der Waals surface area contributed by atoms with Gasteiger partial charge in [0.05, 0.1) is 5.41 Å². The van der Waals surface area contributed by atoms with Gasteiger partial charge in [-0.1, -0.05) is 99.4 Å². The van der Waals surface area contributed by atoms with Crippen molar-refractivity contribution in [2.45, 2.75) is 106 Å². The van der Waals surface area contributed by atoms with Crippen LogP contribution < -0.4 is 4.74 Å². The van der Waals surface area contributed by atoms with Crippen molar-refractivity contribution in [3.05, 3.63) is 64.2 Å². The molecule has 6 heteroatoms. The number of rotatable bonds is 6. The number of esters is 1. The lowest BCUT2D eigenvalue weighted by Gasteiger charge is -2.44. The number of nitrogens with zero attached hydrogens (tertiary/aromatic N) is 3. The molecule has 3 rings (SSSR count). The SMILES string of the molecule is CCN(CC)CCN1CCN(CC)CCCC(Br)Cc2ccccc2CC(C)C(C)(C)C(C)(C)C(=O)Oc2c(C)cc(C)cc2C1. The van der Waals surface area contributed by atoms with Gasteiger partial charge in [0.1, 0.15) is 5.75 Å². The molecule has 5 nitrogen and oxygen atoms in total. The standard InChI is InChI=1S/C40H64BrN3O2/c1-11-42(12-2)21-23-44-24-22-43(13-3)20-16-19-36(41)28-34-18-15-14-17-33(34)27-32(6)39(7,8)40(9,10)38(45)46-37-31(5)25-30(4)26-35(37)29-44/h14-15,17-18,25-26,32,36H,11-13,16,19-24,27-29H2,1-10H3. The Bertz CT molecular complexity index is 1260. The van der Waals surface area contributed by atoms with Crippen LogP contribution in [0.25, 0.3) is 0 Å². The predicted molar refractivity (Wildman–Crippen MR) is 199 cm³/mol. The first-order valence-electron chi connectivity index (χ1n) is 17.9. The van der Waals surface area contributed by atoms with E-state index in [2.05, 4.69) is 136 Å². The number of aryl methyl sites for hydroxylation is 2. The molecule has 2 aromatic carbocycles. The number of likely N-dealkylation sites (N-methyl/N-ethyl adjacent to an activating group) is 2. The highest BCUT2D eigenvalue weighted by Gasteiger charge is 2.48. The van der Waals surface area contributed by atoms with Crippen molar-refractivity contribution in [3.63, 3.8) is 0 Å². The average Bonchev–Trinajstić information content (AvgIpc) is 3.00. The van der Waals surface area contributed by atoms with Crippen LogP contribution in [-0.2, 0) is 24.2 Å². The number of carbonyl (C=O) groups is 1. The van der Waals surface area contributed by atoms with Crippen LogP contribution in [0.5, 0.6) is 5.75 Å². The molecular formula is C40H64BrN3O2. The number of fused-ring (bicyclic) bond motifs is 2. The molecule has 0 spiro atoms. The van der Waals surface area contributed by atoms with E-state index in [-0.39, 0.29) is 17.3 Å². The number of alkyl halides is 1. The Balaban J connectivity index is 2.03. The molecule has 258 valence electrons. The van der Waals surface area contributed by atoms with E-state index in [1.807, 2.05) is 0 Å². The van der Waals surface area contributed by atoms with Crippen molar-refractivity contribution in [1.82, 2.24) is 14.7 Å². The van der Waals surface area contributed by atoms with Crippen molar-refractivity contribution in [3.8, 4) is 5.75 Å². The second kappa shape index (κ2) is 17.6. The molecule has 1 heterocycles. The summed E-state index contributed by atoms with van der Waals surface area (Å²) in [6, 6.07) is 13.3. The normalized spacial score (nSPS) is 22.6. The van der Waals surface area contributed by atoms with Crippen molar-refractivity contribution in [2.75, 3.05) is 52.4 Å². The first-order valence-corrected chi connectivity index (χ1v) is 18.8. The summed E-state index contributed by atoms with van der Waals surface area (Å²) in [5.74, 6) is 0.867. The van der Waals surface area contributed by atoms with Crippen LogP contribution in [0.3, 0.4) is 0 Å². The maximum Gasteiger partial charge on any atom is 0.317 e. The molecule has 1 aliphatic rings. The van der Waals surface area contributed by atoms with Crippen LogP contribution in [0.2, 0.25) is 0 Å². The summed E-state index contributed by atoms with van der Waals surface area (Å²) in [7, 11) is 0. The summed E-state index contributed by atoms with van der Waals surface area (Å²) in [6.07, 6.45) is 4.29. The minimum atomic E-state index is -0.696. The molecule has 0 aromatic heterocycles. The molecule has 0 radical (unpaired) electrons. The van der Waals surface area contributed by atoms with E-state index in [9.17, 15) is 4.79 Å². The third-order valence-electron chi connectivity index (χ3n) is 11.3. The lowest BCUT2D eigenvalue weighted by Crippen LogP contribution is -2.46. The van der Waals surface area contributed by atoms with Gasteiger partial charge in [0.25, 0.3) is 0 Å². The Morgan fingerprint density at radius 2 is 1.54 bits per heavy atom. The number of halogens is 1. The lowest BCUT2D eigenvalue weighted by molar-refractivity contribution is -0.153. The van der Waals surface area contributed by atoms with Crippen molar-refractivity contribution >= 4 is 21.9 Å². The quantitative estimate of drug-likeness (QED) is 0.171. The van der Waals surface area contributed by atoms with E-state index < -0.39 is 5.41 Å². The fraction of sp³-hybridized carbons (Fsp3) is 0.675. The van der Waals surface area contributed by atoms with Gasteiger partial charge in [0.15, 0.2) is 0 Å². The fourth-order valence-corrected chi connectivity index (χ4v) is 7.54. The minimum absolute atomic E-state index is 0.146. The molecule has 0 fully saturated rings. The maximum absolute atomic E-state index is 14.3. The van der Waals surface area contributed by atoms with Crippen LogP contribution in [0.4, 0.5) is 0 Å². The first-order chi connectivity index (χ1) is 21.7. The molecule has 2 aromatic rings. The summed E-state index contributed by atoms with van der Waals surface area (Å²) >= 11 is 4.05. The molecule has 0 amide bonds. The van der Waals surface area contributed by atoms with Gasteiger partial charge in [-0.25, -0.2) is 0 Å². The van der Waals surface area contributed by atoms with Gasteiger partial charge in [-0.2, -0.15) is 0 Å². The van der Waals surface area contributed by atoms with E-state index in [1.54, 1.807) is 0 Å². The zero-order valence-electron chi connectivity index (χ0n) is 30.8. The van der Waals surface area contributed by atoms with E-state index in [0.29, 0.717) is 4.83 Å². The Morgan fingerprint density at radius 3 is 2.17 bits per heavy atom. The second-order valence-electron chi connectivity index (χ2n) is 14.9. The highest BCUT2D eigenvalue weighted by molar-refractivity contribution is 9.09. The minimum Gasteiger partial charge on any atom is -0.425 e. The number of ether oxygens (including phenoxy) is 1. The van der Waals surface area contributed by atoms with Gasteiger partial charge in [0, 0.05) is 43.1 Å². The number of hydrogen-bond donors (Lipinski definition) is 0. The Morgan fingerprint density at radius 1 is 0.913 bits per heavy atom. The molecule has 2 unspecified atom stereocenters. The van der Waals surface area contributed by atoms with Gasteiger partial charge in [-0.05, 0) is 108 Å². The Labute approximate surface area is 290 Å². The lowest BCUT2D eigenvalue weighted by atomic mass is 9.60. The summed E-state index contributed by atoms with van der Waals surface area (Å²) in [5, 5.41) is 0. The van der Waals surface area contributed by atoms with Crippen molar-refractivity contribution in [1.29, 1.82) is 0 Å². The van der Waals surface area contributed by atoms with Gasteiger partial charge >= 0.3 is 5.97 Å². The molecule has 0 saturated heterocycles. The number of carbonyl (C=O) groups excluding carboxylic acids is 1. The Kier molecular flexibility index (Phi) is 14.8. The van der Waals surface area contributed by atoms with E-state index in [1.165, 1.54) is 23.1 Å². The molecule has 2 atom stereocenters. The fourth-order valence-electron chi connectivity index (χ4n) is 6.87. The number of hydrogen-bond acceptors (Lipinski definition) is 5. The zero-order valence-corrected chi connectivity index (χ0v) is 32.4. The summed E-state index contributed by atoms with van der Waals surface area (Å²) in [6.45, 7) is 31.0. The predicted octanol–water partition coefficient (Wildman–Crippen LogP) is 8.71. The maximum atomic E-state index is 14.3. The monoisotopic (exact) mass is 697 g/mol. The molecular weight excluding hydrogens is 634 g/mol.